The second-order valence-electron chi connectivity index (χ2n) is 6.06. The molecule has 1 saturated heterocycles. The minimum Gasteiger partial charge on any atom is -0.493 e. The number of thiocarbonyl (C=S) groups is 1. The Balaban J connectivity index is 1.78. The number of thioether (sulfide) groups is 1. The van der Waals surface area contributed by atoms with Gasteiger partial charge < -0.3 is 14.2 Å². The summed E-state index contributed by atoms with van der Waals surface area (Å²) in [5, 5.41) is 2.97. The molecule has 1 N–H and O–H groups in total. The van der Waals surface area contributed by atoms with Crippen LogP contribution in [0.15, 0.2) is 34.6 Å². The van der Waals surface area contributed by atoms with Gasteiger partial charge in [0.2, 0.25) is 0 Å². The lowest BCUT2D eigenvalue weighted by Gasteiger charge is -2.14. The van der Waals surface area contributed by atoms with Crippen molar-refractivity contribution in [3.05, 3.63) is 50.0 Å². The van der Waals surface area contributed by atoms with Gasteiger partial charge in [0.15, 0.2) is 22.4 Å². The Morgan fingerprint density at radius 1 is 1.34 bits per heavy atom. The first-order valence-electron chi connectivity index (χ1n) is 9.12. The molecule has 0 unspecified atom stereocenters. The van der Waals surface area contributed by atoms with Crippen molar-refractivity contribution in [1.29, 1.82) is 0 Å². The molecule has 168 valence electrons. The van der Waals surface area contributed by atoms with E-state index in [9.17, 15) is 14.4 Å². The lowest BCUT2D eigenvalue weighted by Crippen LogP contribution is -2.44. The first-order valence-corrected chi connectivity index (χ1v) is 11.6. The van der Waals surface area contributed by atoms with E-state index < -0.39 is 17.8 Å². The molecule has 0 radical (unpaired) electrons. The van der Waals surface area contributed by atoms with Crippen molar-refractivity contribution >= 4 is 75.1 Å². The number of halogens is 1. The van der Waals surface area contributed by atoms with Crippen LogP contribution in [-0.2, 0) is 14.3 Å². The van der Waals surface area contributed by atoms with Gasteiger partial charge in [0.25, 0.3) is 11.8 Å². The fourth-order valence-electron chi connectivity index (χ4n) is 2.58. The molecule has 2 amide bonds. The van der Waals surface area contributed by atoms with Crippen LogP contribution in [0.1, 0.15) is 22.2 Å². The molecule has 1 aliphatic heterocycles. The van der Waals surface area contributed by atoms with Crippen LogP contribution in [0.4, 0.5) is 0 Å². The number of carbonyl (C=O) groups excluding carboxylic acids is 3. The van der Waals surface area contributed by atoms with Gasteiger partial charge in [-0.3, -0.25) is 15.0 Å². The number of carbonyl (C=O) groups is 3. The Labute approximate surface area is 202 Å². The zero-order valence-electron chi connectivity index (χ0n) is 16.9. The van der Waals surface area contributed by atoms with Gasteiger partial charge in [0, 0.05) is 0 Å². The number of ether oxygens (including phenoxy) is 3. The molecule has 1 aliphatic rings. The van der Waals surface area contributed by atoms with Gasteiger partial charge in [-0.25, -0.2) is 4.79 Å². The van der Waals surface area contributed by atoms with Crippen LogP contribution < -0.4 is 14.9 Å². The summed E-state index contributed by atoms with van der Waals surface area (Å²) in [7, 11) is 1.42. The first kappa shape index (κ1) is 24.1. The Kier molecular flexibility index (Phi) is 8.13. The topological polar surface area (TPSA) is 94.2 Å². The number of thiophene rings is 1. The minimum absolute atomic E-state index is 0.176. The maximum Gasteiger partial charge on any atom is 0.344 e. The fourth-order valence-corrected chi connectivity index (χ4v) is 4.64. The Hall–Kier alpha value is -2.60. The van der Waals surface area contributed by atoms with E-state index in [-0.39, 0.29) is 34.1 Å². The van der Waals surface area contributed by atoms with Crippen molar-refractivity contribution in [2.45, 2.75) is 6.92 Å². The molecule has 1 aromatic carbocycles. The largest absolute Gasteiger partial charge is 0.493 e. The van der Waals surface area contributed by atoms with Gasteiger partial charge in [0.05, 0.1) is 28.5 Å². The van der Waals surface area contributed by atoms with Crippen molar-refractivity contribution < 1.29 is 28.6 Å². The van der Waals surface area contributed by atoms with Crippen molar-refractivity contribution in [3.8, 4) is 11.5 Å². The van der Waals surface area contributed by atoms with Gasteiger partial charge in [-0.05, 0) is 54.4 Å². The summed E-state index contributed by atoms with van der Waals surface area (Å²) in [6.45, 7) is 1.60. The summed E-state index contributed by atoms with van der Waals surface area (Å²) in [5.74, 6) is -0.986. The van der Waals surface area contributed by atoms with Gasteiger partial charge in [-0.15, -0.1) is 11.3 Å². The van der Waals surface area contributed by atoms with Gasteiger partial charge in [0.1, 0.15) is 0 Å². The second-order valence-corrected chi connectivity index (χ2v) is 9.09. The number of nitrogens with zero attached hydrogens (tertiary/aromatic N) is 1. The number of hydrazine groups is 1. The molecule has 32 heavy (non-hydrogen) atoms. The molecule has 12 heteroatoms. The number of hydrogen-bond acceptors (Lipinski definition) is 9. The maximum atomic E-state index is 12.8. The lowest BCUT2D eigenvalue weighted by molar-refractivity contribution is -0.145. The summed E-state index contributed by atoms with van der Waals surface area (Å²) >= 11 is 13.8. The molecule has 0 spiro atoms. The predicted molar refractivity (Wildman–Crippen MR) is 127 cm³/mol. The molecule has 0 saturated carbocycles. The Bertz CT molecular complexity index is 1090. The quantitative estimate of drug-likeness (QED) is 0.323. The van der Waals surface area contributed by atoms with Gasteiger partial charge in [-0.1, -0.05) is 29.4 Å². The van der Waals surface area contributed by atoms with Crippen LogP contribution in [0, 0.1) is 0 Å². The fraction of sp³-hybridized carbons (Fsp3) is 0.200. The average molecular weight is 513 g/mol. The molecule has 1 aromatic heterocycles. The van der Waals surface area contributed by atoms with Crippen LogP contribution in [0.25, 0.3) is 6.08 Å². The zero-order chi connectivity index (χ0) is 23.3. The number of methoxy groups -OCH3 is 1. The van der Waals surface area contributed by atoms with E-state index >= 15 is 0 Å². The predicted octanol–water partition coefficient (Wildman–Crippen LogP) is 3.90. The molecule has 2 heterocycles. The Morgan fingerprint density at radius 2 is 2.12 bits per heavy atom. The standard InChI is InChI=1S/C20H17ClN2O6S3/c1-3-28-16(24)10-29-17-12(21)7-11(8-13(17)27-2)9-15-19(26)23(20(30)32-15)22-18(25)14-5-4-6-31-14/h4-9H,3,10H2,1-2H3,(H,22,25)/b15-9+. The van der Waals surface area contributed by atoms with Gasteiger partial charge >= 0.3 is 5.97 Å². The van der Waals surface area contributed by atoms with Crippen molar-refractivity contribution in [2.24, 2.45) is 0 Å². The smallest absolute Gasteiger partial charge is 0.344 e. The highest BCUT2D eigenvalue weighted by atomic mass is 35.5. The second kappa shape index (κ2) is 10.8. The highest BCUT2D eigenvalue weighted by Crippen LogP contribution is 2.38. The molecule has 0 atom stereocenters. The summed E-state index contributed by atoms with van der Waals surface area (Å²) in [6, 6.07) is 6.54. The van der Waals surface area contributed by atoms with Crippen LogP contribution in [-0.4, -0.2) is 47.4 Å². The van der Waals surface area contributed by atoms with E-state index in [1.807, 2.05) is 0 Å². The highest BCUT2D eigenvalue weighted by Gasteiger charge is 2.34. The van der Waals surface area contributed by atoms with Crippen molar-refractivity contribution in [2.75, 3.05) is 20.3 Å². The molecule has 0 bridgehead atoms. The summed E-state index contributed by atoms with van der Waals surface area (Å²) in [6.07, 6.45) is 1.57. The van der Waals surface area contributed by atoms with Crippen LogP contribution >= 0.6 is 46.9 Å². The van der Waals surface area contributed by atoms with E-state index in [0.717, 1.165) is 16.8 Å². The number of nitrogens with one attached hydrogen (secondary N) is 1. The number of amides is 2. The normalized spacial score (nSPS) is 14.6. The van der Waals surface area contributed by atoms with E-state index in [1.54, 1.807) is 42.6 Å². The third-order valence-corrected chi connectivity index (χ3v) is 6.39. The number of rotatable bonds is 8. The number of esters is 1. The number of hydrogen-bond donors (Lipinski definition) is 1. The molecule has 8 nitrogen and oxygen atoms in total. The molecule has 2 aromatic rings. The molecule has 3 rings (SSSR count). The third kappa shape index (κ3) is 5.60. The van der Waals surface area contributed by atoms with Crippen LogP contribution in [0.5, 0.6) is 11.5 Å². The van der Waals surface area contributed by atoms with E-state index in [4.69, 9.17) is 38.0 Å². The summed E-state index contributed by atoms with van der Waals surface area (Å²) < 4.78 is 15.8. The van der Waals surface area contributed by atoms with E-state index in [2.05, 4.69) is 5.43 Å². The van der Waals surface area contributed by atoms with Crippen molar-refractivity contribution in [3.63, 3.8) is 0 Å². The monoisotopic (exact) mass is 512 g/mol. The first-order chi connectivity index (χ1) is 15.3. The highest BCUT2D eigenvalue weighted by molar-refractivity contribution is 8.26. The molecular formula is C20H17ClN2O6S3. The lowest BCUT2D eigenvalue weighted by atomic mass is 10.2. The Morgan fingerprint density at radius 3 is 2.78 bits per heavy atom. The van der Waals surface area contributed by atoms with Crippen LogP contribution in [0.2, 0.25) is 5.02 Å². The summed E-state index contributed by atoms with van der Waals surface area (Å²) in [4.78, 5) is 37.3. The average Bonchev–Trinajstić information content (AvgIpc) is 3.38. The van der Waals surface area contributed by atoms with E-state index in [0.29, 0.717) is 15.3 Å². The molecule has 0 aliphatic carbocycles. The SMILES string of the molecule is CCOC(=O)COc1c(Cl)cc(/C=C2/SC(=S)N(NC(=O)c3cccs3)C2=O)cc1OC. The zero-order valence-corrected chi connectivity index (χ0v) is 20.1. The van der Waals surface area contributed by atoms with Gasteiger partial charge in [-0.2, -0.15) is 5.01 Å². The van der Waals surface area contributed by atoms with E-state index in [1.165, 1.54) is 18.4 Å². The van der Waals surface area contributed by atoms with Crippen LogP contribution in [0.3, 0.4) is 0 Å². The maximum absolute atomic E-state index is 12.8. The summed E-state index contributed by atoms with van der Waals surface area (Å²) in [5.41, 5.74) is 3.06. The minimum atomic E-state index is -0.539. The molecule has 1 fully saturated rings. The van der Waals surface area contributed by atoms with Crippen molar-refractivity contribution in [1.82, 2.24) is 10.4 Å². The third-order valence-electron chi connectivity index (χ3n) is 3.94. The molecular weight excluding hydrogens is 496 g/mol. The number of benzene rings is 1.